The van der Waals surface area contributed by atoms with Gasteiger partial charge in [-0.3, -0.25) is 9.59 Å². The van der Waals surface area contributed by atoms with Crippen LogP contribution in [0.1, 0.15) is 12.0 Å². The highest BCUT2D eigenvalue weighted by Crippen LogP contribution is 2.60. The summed E-state index contributed by atoms with van der Waals surface area (Å²) in [5, 5.41) is 0. The van der Waals surface area contributed by atoms with E-state index in [1.165, 1.54) is 4.90 Å². The van der Waals surface area contributed by atoms with Crippen molar-refractivity contribution >= 4 is 49.5 Å². The third kappa shape index (κ3) is 1.75. The lowest BCUT2D eigenvalue weighted by Crippen LogP contribution is -2.37. The number of nitrogens with zero attached hydrogens (tertiary/aromatic N) is 2. The van der Waals surface area contributed by atoms with Crippen LogP contribution in [0.25, 0.3) is 0 Å². The third-order valence-corrected chi connectivity index (χ3v) is 8.32. The van der Waals surface area contributed by atoms with E-state index in [4.69, 9.17) is 0 Å². The van der Waals surface area contributed by atoms with Crippen LogP contribution in [0.2, 0.25) is 0 Å². The van der Waals surface area contributed by atoms with E-state index in [0.29, 0.717) is 5.82 Å². The standard InChI is InChI=1S/C15H14Br2N2O2/c1-6-2-3-18-9(4-6)19-14(20)10-7-5-8(11(10)15(19)21)13(17)12(7)16/h2-4,7-8,10-13H,5H2,1H3/t7-,8+,10-,11-,12-,13+/m0/s1. The summed E-state index contributed by atoms with van der Waals surface area (Å²) < 4.78 is 0. The number of hydrogen-bond acceptors (Lipinski definition) is 3. The Kier molecular flexibility index (Phi) is 3.05. The molecule has 6 atom stereocenters. The summed E-state index contributed by atoms with van der Waals surface area (Å²) in [6.07, 6.45) is 2.60. The molecule has 3 fully saturated rings. The maximum Gasteiger partial charge on any atom is 0.239 e. The van der Waals surface area contributed by atoms with E-state index in [1.54, 1.807) is 12.3 Å². The number of fused-ring (bicyclic) bond motifs is 5. The van der Waals surface area contributed by atoms with E-state index in [1.807, 2.05) is 13.0 Å². The van der Waals surface area contributed by atoms with E-state index >= 15 is 0 Å². The normalized spacial score (nSPS) is 41.0. The number of carbonyl (C=O) groups excluding carboxylic acids is 2. The predicted molar refractivity (Wildman–Crippen MR) is 85.5 cm³/mol. The van der Waals surface area contributed by atoms with Crippen LogP contribution in [0.15, 0.2) is 18.3 Å². The summed E-state index contributed by atoms with van der Waals surface area (Å²) in [6, 6.07) is 3.66. The van der Waals surface area contributed by atoms with E-state index in [9.17, 15) is 9.59 Å². The molecule has 4 rings (SSSR count). The molecule has 0 radical (unpaired) electrons. The van der Waals surface area contributed by atoms with Gasteiger partial charge < -0.3 is 0 Å². The highest BCUT2D eigenvalue weighted by molar-refractivity contribution is 9.12. The highest BCUT2D eigenvalue weighted by Gasteiger charge is 2.66. The van der Waals surface area contributed by atoms with Crippen molar-refractivity contribution in [3.63, 3.8) is 0 Å². The van der Waals surface area contributed by atoms with Crippen molar-refractivity contribution in [2.24, 2.45) is 23.7 Å². The van der Waals surface area contributed by atoms with Gasteiger partial charge in [0.2, 0.25) is 11.8 Å². The van der Waals surface area contributed by atoms with Crippen molar-refractivity contribution in [3.05, 3.63) is 23.9 Å². The number of carbonyl (C=O) groups is 2. The average Bonchev–Trinajstić information content (AvgIpc) is 3.04. The van der Waals surface area contributed by atoms with Crippen LogP contribution in [-0.4, -0.2) is 26.5 Å². The fourth-order valence-electron chi connectivity index (χ4n) is 4.22. The first-order valence-electron chi connectivity index (χ1n) is 7.09. The van der Waals surface area contributed by atoms with E-state index in [-0.39, 0.29) is 45.1 Å². The number of rotatable bonds is 1. The summed E-state index contributed by atoms with van der Waals surface area (Å²) in [7, 11) is 0. The Balaban J connectivity index is 1.75. The minimum absolute atomic E-state index is 0.0700. The van der Waals surface area contributed by atoms with Gasteiger partial charge >= 0.3 is 0 Å². The zero-order valence-electron chi connectivity index (χ0n) is 11.4. The molecule has 2 heterocycles. The molecule has 3 aliphatic rings. The predicted octanol–water partition coefficient (Wildman–Crippen LogP) is 2.67. The molecule has 21 heavy (non-hydrogen) atoms. The van der Waals surface area contributed by atoms with Gasteiger partial charge in [0, 0.05) is 15.9 Å². The monoisotopic (exact) mass is 412 g/mol. The Bertz CT molecular complexity index is 618. The van der Waals surface area contributed by atoms with Gasteiger partial charge in [0.15, 0.2) is 0 Å². The lowest BCUT2D eigenvalue weighted by Gasteiger charge is -2.28. The summed E-state index contributed by atoms with van der Waals surface area (Å²) in [4.78, 5) is 31.6. The maximum absolute atomic E-state index is 12.8. The van der Waals surface area contributed by atoms with Crippen molar-refractivity contribution in [1.29, 1.82) is 0 Å². The summed E-state index contributed by atoms with van der Waals surface area (Å²) in [5.41, 5.74) is 0.998. The molecular weight excluding hydrogens is 400 g/mol. The van der Waals surface area contributed by atoms with Crippen molar-refractivity contribution in [1.82, 2.24) is 4.98 Å². The second kappa shape index (κ2) is 4.62. The van der Waals surface area contributed by atoms with Crippen LogP contribution in [-0.2, 0) is 9.59 Å². The minimum Gasteiger partial charge on any atom is -0.274 e. The first-order chi connectivity index (χ1) is 10.0. The first-order valence-corrected chi connectivity index (χ1v) is 8.92. The molecule has 0 unspecified atom stereocenters. The molecule has 1 aromatic heterocycles. The zero-order valence-corrected chi connectivity index (χ0v) is 14.5. The van der Waals surface area contributed by atoms with Crippen LogP contribution in [0.5, 0.6) is 0 Å². The van der Waals surface area contributed by atoms with Gasteiger partial charge in [-0.05, 0) is 42.9 Å². The van der Waals surface area contributed by atoms with Crippen LogP contribution in [0.4, 0.5) is 5.82 Å². The molecule has 2 aliphatic carbocycles. The zero-order chi connectivity index (χ0) is 14.9. The Morgan fingerprint density at radius 3 is 2.24 bits per heavy atom. The van der Waals surface area contributed by atoms with Gasteiger partial charge in [-0.25, -0.2) is 9.88 Å². The molecule has 2 saturated carbocycles. The number of halogens is 2. The fourth-order valence-corrected chi connectivity index (χ4v) is 6.09. The molecule has 110 valence electrons. The van der Waals surface area contributed by atoms with E-state index in [2.05, 4.69) is 36.8 Å². The average molecular weight is 414 g/mol. The number of hydrogen-bond donors (Lipinski definition) is 0. The van der Waals surface area contributed by atoms with Gasteiger partial charge in [-0.15, -0.1) is 0 Å². The number of alkyl halides is 2. The molecule has 2 bridgehead atoms. The second-order valence-electron chi connectivity index (χ2n) is 6.21. The summed E-state index contributed by atoms with van der Waals surface area (Å²) in [5.74, 6) is 0.465. The van der Waals surface area contributed by atoms with Gasteiger partial charge in [0.1, 0.15) is 5.82 Å². The molecule has 0 spiro atoms. The Morgan fingerprint density at radius 2 is 1.71 bits per heavy atom. The van der Waals surface area contributed by atoms with Crippen molar-refractivity contribution in [2.45, 2.75) is 23.0 Å². The number of anilines is 1. The quantitative estimate of drug-likeness (QED) is 0.525. The number of pyridine rings is 1. The van der Waals surface area contributed by atoms with Crippen molar-refractivity contribution in [3.8, 4) is 0 Å². The Labute approximate surface area is 139 Å². The fraction of sp³-hybridized carbons (Fsp3) is 0.533. The molecule has 0 aromatic carbocycles. The number of aryl methyl sites for hydroxylation is 1. The molecule has 1 saturated heterocycles. The van der Waals surface area contributed by atoms with Crippen LogP contribution >= 0.6 is 31.9 Å². The lowest BCUT2D eigenvalue weighted by atomic mass is 9.81. The van der Waals surface area contributed by atoms with Gasteiger partial charge in [-0.2, -0.15) is 0 Å². The number of amides is 2. The van der Waals surface area contributed by atoms with Crippen molar-refractivity contribution < 1.29 is 9.59 Å². The highest BCUT2D eigenvalue weighted by atomic mass is 79.9. The molecule has 2 amide bonds. The van der Waals surface area contributed by atoms with Gasteiger partial charge in [-0.1, -0.05) is 31.9 Å². The van der Waals surface area contributed by atoms with Gasteiger partial charge in [0.05, 0.1) is 11.8 Å². The summed E-state index contributed by atoms with van der Waals surface area (Å²) in [6.45, 7) is 1.93. The Hall–Kier alpha value is -0.750. The summed E-state index contributed by atoms with van der Waals surface area (Å²) >= 11 is 7.38. The van der Waals surface area contributed by atoms with E-state index in [0.717, 1.165) is 12.0 Å². The molecule has 4 nitrogen and oxygen atoms in total. The largest absolute Gasteiger partial charge is 0.274 e. The smallest absolute Gasteiger partial charge is 0.239 e. The topological polar surface area (TPSA) is 50.3 Å². The Morgan fingerprint density at radius 1 is 1.14 bits per heavy atom. The molecule has 1 aliphatic heterocycles. The van der Waals surface area contributed by atoms with Crippen molar-refractivity contribution in [2.75, 3.05) is 4.90 Å². The van der Waals surface area contributed by atoms with Gasteiger partial charge in [0.25, 0.3) is 0 Å². The number of imide groups is 1. The molecule has 0 N–H and O–H groups in total. The lowest BCUT2D eigenvalue weighted by molar-refractivity contribution is -0.123. The number of aromatic nitrogens is 1. The van der Waals surface area contributed by atoms with Crippen LogP contribution in [0.3, 0.4) is 0 Å². The minimum atomic E-state index is -0.178. The molecule has 1 aromatic rings. The SMILES string of the molecule is Cc1ccnc(N2C(=O)[C@H]3[C@@H]4C[C@@H]([C@@H](Br)[C@H]4Br)[C@@H]3C2=O)c1. The third-order valence-electron chi connectivity index (χ3n) is 5.12. The second-order valence-corrected chi connectivity index (χ2v) is 8.32. The van der Waals surface area contributed by atoms with E-state index < -0.39 is 0 Å². The van der Waals surface area contributed by atoms with Crippen LogP contribution < -0.4 is 4.90 Å². The molecular formula is C15H14Br2N2O2. The first kappa shape index (κ1) is 13.9. The molecule has 6 heteroatoms. The van der Waals surface area contributed by atoms with Crippen LogP contribution in [0, 0.1) is 30.6 Å². The maximum atomic E-state index is 12.8.